The molecule has 0 bridgehead atoms. The van der Waals surface area contributed by atoms with Gasteiger partial charge in [0.15, 0.2) is 5.82 Å². The van der Waals surface area contributed by atoms with Gasteiger partial charge in [0.1, 0.15) is 4.90 Å². The quantitative estimate of drug-likeness (QED) is 0.561. The number of hydrogen-bond donors (Lipinski definition) is 2. The average Bonchev–Trinajstić information content (AvgIpc) is 2.35. The Morgan fingerprint density at radius 3 is 2.94 bits per heavy atom. The molecule has 0 amide bonds. The fourth-order valence-corrected chi connectivity index (χ4v) is 2.48. The summed E-state index contributed by atoms with van der Waals surface area (Å²) in [6.45, 7) is 0.123. The Morgan fingerprint density at radius 1 is 1.65 bits per heavy atom. The number of sulfonamides is 1. The molecule has 0 fully saturated rings. The molecule has 0 atom stereocenters. The summed E-state index contributed by atoms with van der Waals surface area (Å²) in [5.41, 5.74) is 2.23. The second-order valence-corrected chi connectivity index (χ2v) is 5.24. The van der Waals surface area contributed by atoms with Gasteiger partial charge in [0.25, 0.3) is 0 Å². The lowest BCUT2D eigenvalue weighted by Gasteiger charge is -2.17. The molecule has 0 aliphatic rings. The molecule has 0 aliphatic heterocycles. The van der Waals surface area contributed by atoms with Crippen molar-refractivity contribution < 1.29 is 8.42 Å². The van der Waals surface area contributed by atoms with Crippen molar-refractivity contribution in [2.75, 3.05) is 19.0 Å². The van der Waals surface area contributed by atoms with E-state index in [-0.39, 0.29) is 23.7 Å². The van der Waals surface area contributed by atoms with Gasteiger partial charge in [-0.2, -0.15) is 9.57 Å². The number of aromatic nitrogens is 1. The van der Waals surface area contributed by atoms with Crippen LogP contribution in [0.25, 0.3) is 0 Å². The first-order chi connectivity index (χ1) is 8.04. The maximum atomic E-state index is 12.1. The monoisotopic (exact) mass is 255 g/mol. The fraction of sp³-hybridized carbons (Fsp3) is 0.333. The lowest BCUT2D eigenvalue weighted by Crippen LogP contribution is -2.29. The van der Waals surface area contributed by atoms with E-state index < -0.39 is 10.0 Å². The molecule has 0 radical (unpaired) electrons. The van der Waals surface area contributed by atoms with E-state index in [1.54, 1.807) is 0 Å². The van der Waals surface area contributed by atoms with Crippen LogP contribution in [0.3, 0.4) is 0 Å². The highest BCUT2D eigenvalue weighted by molar-refractivity contribution is 7.89. The third-order valence-corrected chi connectivity index (χ3v) is 4.02. The third-order valence-electron chi connectivity index (χ3n) is 2.13. The maximum Gasteiger partial charge on any atom is 0.246 e. The van der Waals surface area contributed by atoms with Gasteiger partial charge in [-0.05, 0) is 12.1 Å². The van der Waals surface area contributed by atoms with Gasteiger partial charge in [-0.1, -0.05) is 0 Å². The zero-order chi connectivity index (χ0) is 12.9. The van der Waals surface area contributed by atoms with Crippen LogP contribution in [-0.2, 0) is 10.0 Å². The van der Waals surface area contributed by atoms with Crippen molar-refractivity contribution in [1.29, 1.82) is 5.26 Å². The second-order valence-electron chi connectivity index (χ2n) is 3.23. The summed E-state index contributed by atoms with van der Waals surface area (Å²) >= 11 is 0. The van der Waals surface area contributed by atoms with Crippen molar-refractivity contribution in [3.8, 4) is 6.07 Å². The Hall–Kier alpha value is -1.69. The third kappa shape index (κ3) is 2.91. The molecular weight excluding hydrogens is 242 g/mol. The molecule has 1 aromatic heterocycles. The highest BCUT2D eigenvalue weighted by Crippen LogP contribution is 2.20. The van der Waals surface area contributed by atoms with Gasteiger partial charge in [-0.3, -0.25) is 0 Å². The Morgan fingerprint density at radius 2 is 2.35 bits per heavy atom. The van der Waals surface area contributed by atoms with E-state index in [0.29, 0.717) is 0 Å². The first-order valence-electron chi connectivity index (χ1n) is 4.79. The van der Waals surface area contributed by atoms with E-state index in [1.165, 1.54) is 25.4 Å². The van der Waals surface area contributed by atoms with Gasteiger partial charge in [0.05, 0.1) is 6.07 Å². The number of hydrazine groups is 1. The molecule has 0 aliphatic carbocycles. The Balaban J connectivity index is 3.09. The molecule has 3 N–H and O–H groups in total. The number of anilines is 1. The Labute approximate surface area is 99.9 Å². The average molecular weight is 255 g/mol. The van der Waals surface area contributed by atoms with Gasteiger partial charge in [0, 0.05) is 26.2 Å². The molecule has 0 saturated heterocycles. The minimum Gasteiger partial charge on any atom is -0.307 e. The van der Waals surface area contributed by atoms with Gasteiger partial charge >= 0.3 is 0 Å². The highest BCUT2D eigenvalue weighted by atomic mass is 32.2. The zero-order valence-corrected chi connectivity index (χ0v) is 10.1. The number of nitriles is 1. The summed E-state index contributed by atoms with van der Waals surface area (Å²) in [5.74, 6) is 5.28. The number of pyridine rings is 1. The lowest BCUT2D eigenvalue weighted by atomic mass is 10.5. The molecule has 0 saturated carbocycles. The summed E-state index contributed by atoms with van der Waals surface area (Å²) in [5, 5.41) is 8.44. The van der Waals surface area contributed by atoms with E-state index in [4.69, 9.17) is 11.1 Å². The molecule has 0 aromatic carbocycles. The topological polar surface area (TPSA) is 112 Å². The minimum atomic E-state index is -3.68. The number of nitrogens with two attached hydrogens (primary N) is 1. The maximum absolute atomic E-state index is 12.1. The number of nitrogens with zero attached hydrogens (tertiary/aromatic N) is 3. The van der Waals surface area contributed by atoms with Crippen LogP contribution in [0, 0.1) is 11.3 Å². The van der Waals surface area contributed by atoms with Gasteiger partial charge < -0.3 is 5.43 Å². The molecule has 1 heterocycles. The summed E-state index contributed by atoms with van der Waals surface area (Å²) in [4.78, 5) is 3.81. The van der Waals surface area contributed by atoms with Crippen molar-refractivity contribution in [3.05, 3.63) is 18.3 Å². The van der Waals surface area contributed by atoms with Crippen molar-refractivity contribution in [2.24, 2.45) is 5.84 Å². The normalized spacial score (nSPS) is 11.2. The summed E-state index contributed by atoms with van der Waals surface area (Å²) < 4.78 is 25.3. The van der Waals surface area contributed by atoms with E-state index >= 15 is 0 Å². The largest absolute Gasteiger partial charge is 0.307 e. The van der Waals surface area contributed by atoms with Crippen LogP contribution in [0.15, 0.2) is 23.2 Å². The van der Waals surface area contributed by atoms with E-state index in [9.17, 15) is 8.42 Å². The van der Waals surface area contributed by atoms with Gasteiger partial charge in [-0.15, -0.1) is 0 Å². The number of nitrogen functional groups attached to an aromatic ring is 1. The molecular formula is C9H13N5O2S. The predicted octanol–water partition coefficient (Wildman–Crippen LogP) is -0.0986. The first-order valence-corrected chi connectivity index (χ1v) is 6.23. The van der Waals surface area contributed by atoms with Crippen LogP contribution >= 0.6 is 0 Å². The van der Waals surface area contributed by atoms with Crippen LogP contribution in [0.2, 0.25) is 0 Å². The standard InChI is InChI=1S/C9H13N5O2S/c1-14(7-3-5-10)17(15,16)8-4-2-6-12-9(8)13-11/h2,4,6H,3,7,11H2,1H3,(H,12,13). The van der Waals surface area contributed by atoms with E-state index in [2.05, 4.69) is 10.4 Å². The van der Waals surface area contributed by atoms with Crippen molar-refractivity contribution in [2.45, 2.75) is 11.3 Å². The summed E-state index contributed by atoms with van der Waals surface area (Å²) in [6, 6.07) is 4.80. The number of rotatable bonds is 5. The van der Waals surface area contributed by atoms with Crippen LogP contribution in [-0.4, -0.2) is 31.3 Å². The first kappa shape index (κ1) is 13.4. The Bertz CT molecular complexity index is 522. The summed E-state index contributed by atoms with van der Waals surface area (Å²) in [6.07, 6.45) is 1.56. The SMILES string of the molecule is CN(CCC#N)S(=O)(=O)c1cccnc1NN. The van der Waals surface area contributed by atoms with Gasteiger partial charge in [0.2, 0.25) is 10.0 Å². The lowest BCUT2D eigenvalue weighted by molar-refractivity contribution is 0.476. The number of hydrogen-bond acceptors (Lipinski definition) is 6. The molecule has 7 nitrogen and oxygen atoms in total. The summed E-state index contributed by atoms with van der Waals surface area (Å²) in [7, 11) is -2.27. The van der Waals surface area contributed by atoms with Crippen LogP contribution in [0.1, 0.15) is 6.42 Å². The minimum absolute atomic E-state index is 0.0112. The van der Waals surface area contributed by atoms with Crippen molar-refractivity contribution in [3.63, 3.8) is 0 Å². The molecule has 92 valence electrons. The van der Waals surface area contributed by atoms with Crippen molar-refractivity contribution in [1.82, 2.24) is 9.29 Å². The fourth-order valence-electron chi connectivity index (χ4n) is 1.20. The van der Waals surface area contributed by atoms with Crippen LogP contribution < -0.4 is 11.3 Å². The second kappa shape index (κ2) is 5.58. The highest BCUT2D eigenvalue weighted by Gasteiger charge is 2.23. The van der Waals surface area contributed by atoms with Crippen LogP contribution in [0.5, 0.6) is 0 Å². The smallest absolute Gasteiger partial charge is 0.246 e. The van der Waals surface area contributed by atoms with Gasteiger partial charge in [-0.25, -0.2) is 19.2 Å². The van der Waals surface area contributed by atoms with E-state index in [1.807, 2.05) is 6.07 Å². The predicted molar refractivity (Wildman–Crippen MR) is 62.1 cm³/mol. The molecule has 0 unspecified atom stereocenters. The molecule has 17 heavy (non-hydrogen) atoms. The molecule has 1 rings (SSSR count). The Kier molecular flexibility index (Phi) is 4.39. The van der Waals surface area contributed by atoms with E-state index in [0.717, 1.165) is 4.31 Å². The molecule has 1 aromatic rings. The van der Waals surface area contributed by atoms with Crippen LogP contribution in [0.4, 0.5) is 5.82 Å². The van der Waals surface area contributed by atoms with Crippen molar-refractivity contribution >= 4 is 15.8 Å². The molecule has 0 spiro atoms. The number of nitrogens with one attached hydrogen (secondary N) is 1. The zero-order valence-electron chi connectivity index (χ0n) is 9.29. The molecule has 8 heteroatoms.